The average Bonchev–Trinajstić information content (AvgIpc) is 2.99. The van der Waals surface area contributed by atoms with Crippen molar-refractivity contribution >= 4 is 5.82 Å². The summed E-state index contributed by atoms with van der Waals surface area (Å²) in [6, 6.07) is 8.79. The molecule has 1 aliphatic heterocycles. The molecule has 1 aromatic carbocycles. The molecule has 1 atom stereocenters. The van der Waals surface area contributed by atoms with Crippen molar-refractivity contribution in [2.24, 2.45) is 7.05 Å². The third kappa shape index (κ3) is 3.07. The summed E-state index contributed by atoms with van der Waals surface area (Å²) in [5.41, 5.74) is 10.6. The van der Waals surface area contributed by atoms with Crippen molar-refractivity contribution < 1.29 is 9.13 Å². The lowest BCUT2D eigenvalue weighted by Crippen LogP contribution is -2.10. The van der Waals surface area contributed by atoms with E-state index >= 15 is 0 Å². The fourth-order valence-corrected chi connectivity index (χ4v) is 3.74. The van der Waals surface area contributed by atoms with Gasteiger partial charge >= 0.3 is 0 Å². The third-order valence-electron chi connectivity index (χ3n) is 5.11. The Morgan fingerprint density at radius 3 is 2.93 bits per heavy atom. The van der Waals surface area contributed by atoms with Crippen molar-refractivity contribution in [3.8, 4) is 22.9 Å². The lowest BCUT2D eigenvalue weighted by atomic mass is 9.95. The molecule has 3 heterocycles. The first kappa shape index (κ1) is 18.0. The van der Waals surface area contributed by atoms with Gasteiger partial charge in [0.15, 0.2) is 11.6 Å². The van der Waals surface area contributed by atoms with Gasteiger partial charge in [0.1, 0.15) is 23.7 Å². The number of nitrogens with two attached hydrogens (primary N) is 1. The minimum absolute atomic E-state index is 0.245. The van der Waals surface area contributed by atoms with E-state index < -0.39 is 6.10 Å². The molecule has 3 aromatic rings. The average molecular weight is 377 g/mol. The predicted octanol–water partition coefficient (Wildman–Crippen LogP) is 3.70. The smallest absolute Gasteiger partial charge is 0.166 e. The Hall–Kier alpha value is -3.40. The number of aryl methyl sites for hydroxylation is 3. The van der Waals surface area contributed by atoms with E-state index in [4.69, 9.17) is 10.5 Å². The molecule has 142 valence electrons. The summed E-state index contributed by atoms with van der Waals surface area (Å²) in [4.78, 5) is 4.25. The van der Waals surface area contributed by atoms with Gasteiger partial charge < -0.3 is 10.5 Å². The summed E-state index contributed by atoms with van der Waals surface area (Å²) in [6.07, 6.45) is 3.50. The summed E-state index contributed by atoms with van der Waals surface area (Å²) in [5, 5.41) is 14.2. The van der Waals surface area contributed by atoms with E-state index in [-0.39, 0.29) is 11.6 Å². The van der Waals surface area contributed by atoms with Crippen LogP contribution in [-0.4, -0.2) is 14.8 Å². The van der Waals surface area contributed by atoms with E-state index in [0.29, 0.717) is 17.9 Å². The highest BCUT2D eigenvalue weighted by atomic mass is 19.1. The first-order valence-electron chi connectivity index (χ1n) is 9.14. The molecule has 2 bridgehead atoms. The Balaban J connectivity index is 1.90. The van der Waals surface area contributed by atoms with E-state index in [0.717, 1.165) is 40.8 Å². The molecular formula is C21H20FN5O. The maximum atomic E-state index is 13.9. The second kappa shape index (κ2) is 6.97. The Labute approximate surface area is 162 Å². The van der Waals surface area contributed by atoms with Gasteiger partial charge in [-0.15, -0.1) is 0 Å². The largest absolute Gasteiger partial charge is 0.482 e. The molecule has 0 amide bonds. The van der Waals surface area contributed by atoms with Gasteiger partial charge in [0.2, 0.25) is 0 Å². The zero-order valence-electron chi connectivity index (χ0n) is 15.7. The normalized spacial score (nSPS) is 16.0. The van der Waals surface area contributed by atoms with Crippen LogP contribution in [0.25, 0.3) is 11.1 Å². The predicted molar refractivity (Wildman–Crippen MR) is 103 cm³/mol. The summed E-state index contributed by atoms with van der Waals surface area (Å²) < 4.78 is 21.5. The number of fused-ring (bicyclic) bond motifs is 5. The second-order valence-electron chi connectivity index (χ2n) is 6.97. The van der Waals surface area contributed by atoms with Crippen LogP contribution in [0.3, 0.4) is 0 Å². The Morgan fingerprint density at radius 1 is 1.32 bits per heavy atom. The molecular weight excluding hydrogens is 357 g/mol. The van der Waals surface area contributed by atoms with Gasteiger partial charge in [0.05, 0.1) is 5.69 Å². The summed E-state index contributed by atoms with van der Waals surface area (Å²) in [6.45, 7) is 1.87. The van der Waals surface area contributed by atoms with Crippen molar-refractivity contribution in [3.05, 3.63) is 58.8 Å². The van der Waals surface area contributed by atoms with Crippen LogP contribution >= 0.6 is 0 Å². The Morgan fingerprint density at radius 2 is 2.14 bits per heavy atom. The molecule has 2 N–H and O–H groups in total. The third-order valence-corrected chi connectivity index (χ3v) is 5.11. The van der Waals surface area contributed by atoms with Crippen LogP contribution in [-0.2, 0) is 19.9 Å². The molecule has 0 saturated carbocycles. The maximum Gasteiger partial charge on any atom is 0.166 e. The fraction of sp³-hybridized carbons (Fsp3) is 0.286. The number of hydrogen-bond donors (Lipinski definition) is 1. The molecule has 7 heteroatoms. The van der Waals surface area contributed by atoms with Gasteiger partial charge in [-0.1, -0.05) is 6.07 Å². The Kier molecular flexibility index (Phi) is 4.47. The van der Waals surface area contributed by atoms with E-state index in [9.17, 15) is 9.65 Å². The van der Waals surface area contributed by atoms with Gasteiger partial charge in [-0.05, 0) is 55.5 Å². The number of halogens is 1. The number of nitrogens with zero attached hydrogens (tertiary/aromatic N) is 4. The van der Waals surface area contributed by atoms with Gasteiger partial charge in [-0.2, -0.15) is 10.4 Å². The van der Waals surface area contributed by atoms with E-state index in [1.54, 1.807) is 30.1 Å². The van der Waals surface area contributed by atoms with Gasteiger partial charge in [0, 0.05) is 24.4 Å². The lowest BCUT2D eigenvalue weighted by Gasteiger charge is -2.20. The zero-order chi connectivity index (χ0) is 19.8. The number of benzene rings is 1. The number of nitriles is 1. The van der Waals surface area contributed by atoms with Gasteiger partial charge in [-0.25, -0.2) is 9.37 Å². The molecule has 1 aliphatic rings. The van der Waals surface area contributed by atoms with Crippen molar-refractivity contribution in [2.75, 3.05) is 5.73 Å². The van der Waals surface area contributed by atoms with Crippen LogP contribution in [0.2, 0.25) is 0 Å². The minimum atomic E-state index is -0.395. The second-order valence-corrected chi connectivity index (χ2v) is 6.97. The van der Waals surface area contributed by atoms with Crippen molar-refractivity contribution in [2.45, 2.75) is 32.3 Å². The van der Waals surface area contributed by atoms with Crippen LogP contribution < -0.4 is 10.5 Å². The molecule has 0 spiro atoms. The quantitative estimate of drug-likeness (QED) is 0.645. The lowest BCUT2D eigenvalue weighted by molar-refractivity contribution is 0.226. The van der Waals surface area contributed by atoms with E-state index in [1.165, 1.54) is 12.1 Å². The highest BCUT2D eigenvalue weighted by Gasteiger charge is 2.22. The SMILES string of the molecule is C[C@H]1Oc2cc(cnc2N)-c2c(nn(C)c2C#N)CCCc2ccc(F)cc21. The van der Waals surface area contributed by atoms with E-state index in [2.05, 4.69) is 16.2 Å². The maximum absolute atomic E-state index is 13.9. The summed E-state index contributed by atoms with van der Waals surface area (Å²) in [5.74, 6) is 0.348. The minimum Gasteiger partial charge on any atom is -0.482 e. The molecule has 6 nitrogen and oxygen atoms in total. The van der Waals surface area contributed by atoms with Crippen molar-refractivity contribution in [1.29, 1.82) is 5.26 Å². The fourth-order valence-electron chi connectivity index (χ4n) is 3.74. The molecule has 0 aliphatic carbocycles. The standard InChI is InChI=1S/C21H20FN5O/c1-12-16-9-15(22)7-6-13(16)4-3-5-17-20(18(10-23)27(2)26-17)14-8-19(28-12)21(24)25-11-14/h6-9,11-12H,3-5H2,1-2H3,(H2,24,25)/t12-/m1/s1. The highest BCUT2D eigenvalue weighted by molar-refractivity contribution is 5.73. The molecule has 0 unspecified atom stereocenters. The molecule has 28 heavy (non-hydrogen) atoms. The molecule has 0 saturated heterocycles. The number of hydrogen-bond acceptors (Lipinski definition) is 5. The molecule has 2 aromatic heterocycles. The van der Waals surface area contributed by atoms with Crippen LogP contribution in [0.1, 0.15) is 42.0 Å². The number of aromatic nitrogens is 3. The first-order valence-corrected chi connectivity index (χ1v) is 9.14. The zero-order valence-corrected chi connectivity index (χ0v) is 15.7. The van der Waals surface area contributed by atoms with Crippen molar-refractivity contribution in [3.63, 3.8) is 0 Å². The molecule has 0 fully saturated rings. The number of anilines is 1. The van der Waals surface area contributed by atoms with Crippen LogP contribution in [0.5, 0.6) is 5.75 Å². The molecule has 0 radical (unpaired) electrons. The van der Waals surface area contributed by atoms with E-state index in [1.807, 2.05) is 6.92 Å². The topological polar surface area (TPSA) is 89.8 Å². The number of rotatable bonds is 0. The summed E-state index contributed by atoms with van der Waals surface area (Å²) in [7, 11) is 1.76. The van der Waals surface area contributed by atoms with Crippen LogP contribution in [0, 0.1) is 17.1 Å². The number of nitrogen functional groups attached to an aromatic ring is 1. The molecule has 4 rings (SSSR count). The van der Waals surface area contributed by atoms with Gasteiger partial charge in [-0.3, -0.25) is 4.68 Å². The van der Waals surface area contributed by atoms with Crippen LogP contribution in [0.15, 0.2) is 30.5 Å². The summed E-state index contributed by atoms with van der Waals surface area (Å²) >= 11 is 0. The van der Waals surface area contributed by atoms with Crippen LogP contribution in [0.4, 0.5) is 10.2 Å². The first-order chi connectivity index (χ1) is 13.5. The number of pyridine rings is 1. The number of ether oxygens (including phenoxy) is 1. The monoisotopic (exact) mass is 377 g/mol. The van der Waals surface area contributed by atoms with Gasteiger partial charge in [0.25, 0.3) is 0 Å². The highest BCUT2D eigenvalue weighted by Crippen LogP contribution is 2.35. The Bertz CT molecular complexity index is 1100. The van der Waals surface area contributed by atoms with Crippen molar-refractivity contribution in [1.82, 2.24) is 14.8 Å².